The van der Waals surface area contributed by atoms with Crippen LogP contribution in [0.4, 0.5) is 0 Å². The molecule has 1 aliphatic rings. The van der Waals surface area contributed by atoms with E-state index < -0.39 is 0 Å². The lowest BCUT2D eigenvalue weighted by molar-refractivity contribution is -0.138. The molecule has 1 atom stereocenters. The first-order valence-electron chi connectivity index (χ1n) is 6.91. The molecule has 1 aliphatic heterocycles. The van der Waals surface area contributed by atoms with E-state index in [0.29, 0.717) is 13.0 Å². The quantitative estimate of drug-likeness (QED) is 0.826. The van der Waals surface area contributed by atoms with Crippen molar-refractivity contribution in [2.24, 2.45) is 0 Å². The third-order valence-corrected chi connectivity index (χ3v) is 4.87. The topological polar surface area (TPSA) is 53.5 Å². The van der Waals surface area contributed by atoms with Gasteiger partial charge in [-0.25, -0.2) is 4.98 Å². The Hall–Kier alpha value is -1.43. The monoisotopic (exact) mass is 295 g/mol. The number of amides is 2. The Morgan fingerprint density at radius 2 is 2.35 bits per heavy atom. The largest absolute Gasteiger partial charge is 0.344 e. The molecule has 5 nitrogen and oxygen atoms in total. The van der Waals surface area contributed by atoms with Gasteiger partial charge in [-0.15, -0.1) is 11.3 Å². The van der Waals surface area contributed by atoms with Gasteiger partial charge >= 0.3 is 0 Å². The Bertz CT molecular complexity index is 500. The van der Waals surface area contributed by atoms with Gasteiger partial charge in [0, 0.05) is 37.4 Å². The van der Waals surface area contributed by atoms with Crippen molar-refractivity contribution in [3.8, 4) is 0 Å². The third kappa shape index (κ3) is 3.36. The second kappa shape index (κ2) is 6.35. The first-order chi connectivity index (χ1) is 9.49. The van der Waals surface area contributed by atoms with Gasteiger partial charge < -0.3 is 9.80 Å². The van der Waals surface area contributed by atoms with Crippen LogP contribution in [-0.2, 0) is 16.0 Å². The van der Waals surface area contributed by atoms with Crippen molar-refractivity contribution in [2.75, 3.05) is 20.1 Å². The fraction of sp³-hybridized carbons (Fsp3) is 0.643. The summed E-state index contributed by atoms with van der Waals surface area (Å²) >= 11 is 1.62. The molecule has 0 radical (unpaired) electrons. The van der Waals surface area contributed by atoms with Crippen molar-refractivity contribution >= 4 is 23.2 Å². The summed E-state index contributed by atoms with van der Waals surface area (Å²) in [4.78, 5) is 32.7. The van der Waals surface area contributed by atoms with Crippen molar-refractivity contribution in [3.63, 3.8) is 0 Å². The molecule has 6 heteroatoms. The van der Waals surface area contributed by atoms with Crippen LogP contribution in [-0.4, -0.2) is 52.8 Å². The van der Waals surface area contributed by atoms with Gasteiger partial charge in [-0.3, -0.25) is 9.59 Å². The molecule has 0 aromatic carbocycles. The Balaban J connectivity index is 1.83. The molecule has 2 amide bonds. The first kappa shape index (κ1) is 15.0. The van der Waals surface area contributed by atoms with Gasteiger partial charge in [-0.2, -0.15) is 0 Å². The lowest BCUT2D eigenvalue weighted by Crippen LogP contribution is -2.42. The number of rotatable bonds is 5. The number of carbonyl (C=O) groups is 2. The summed E-state index contributed by atoms with van der Waals surface area (Å²) in [5.41, 5.74) is 2.87. The zero-order valence-electron chi connectivity index (χ0n) is 12.3. The van der Waals surface area contributed by atoms with Crippen molar-refractivity contribution in [2.45, 2.75) is 39.2 Å². The number of aryl methyl sites for hydroxylation is 1. The summed E-state index contributed by atoms with van der Waals surface area (Å²) in [7, 11) is 1.80. The smallest absolute Gasteiger partial charge is 0.241 e. The highest BCUT2D eigenvalue weighted by atomic mass is 32.1. The zero-order chi connectivity index (χ0) is 14.7. The minimum atomic E-state index is 0.00858. The Kier molecular flexibility index (Phi) is 4.75. The van der Waals surface area contributed by atoms with Crippen molar-refractivity contribution < 1.29 is 9.59 Å². The molecule has 20 heavy (non-hydrogen) atoms. The third-order valence-electron chi connectivity index (χ3n) is 3.88. The lowest BCUT2D eigenvalue weighted by atomic mass is 10.2. The molecule has 1 aromatic heterocycles. The SMILES string of the molecule is Cc1ncsc1CCN(C)C(=O)CN1C(=O)CCC1C. The number of aromatic nitrogens is 1. The van der Waals surface area contributed by atoms with E-state index in [9.17, 15) is 9.59 Å². The molecule has 1 fully saturated rings. The molecule has 1 saturated heterocycles. The molecule has 0 aliphatic carbocycles. The summed E-state index contributed by atoms with van der Waals surface area (Å²) in [6, 6.07) is 0.184. The van der Waals surface area contributed by atoms with Crippen molar-refractivity contribution in [3.05, 3.63) is 16.1 Å². The van der Waals surface area contributed by atoms with E-state index in [1.54, 1.807) is 28.2 Å². The average Bonchev–Trinajstić information content (AvgIpc) is 2.96. The average molecular weight is 295 g/mol. The normalized spacial score (nSPS) is 18.6. The lowest BCUT2D eigenvalue weighted by Gasteiger charge is -2.24. The van der Waals surface area contributed by atoms with E-state index in [2.05, 4.69) is 4.98 Å². The van der Waals surface area contributed by atoms with Gasteiger partial charge in [0.1, 0.15) is 0 Å². The van der Waals surface area contributed by atoms with E-state index in [4.69, 9.17) is 0 Å². The number of hydrogen-bond acceptors (Lipinski definition) is 4. The van der Waals surface area contributed by atoms with Gasteiger partial charge in [-0.05, 0) is 20.3 Å². The van der Waals surface area contributed by atoms with E-state index in [1.807, 2.05) is 19.4 Å². The van der Waals surface area contributed by atoms with Crippen LogP contribution in [0.1, 0.15) is 30.3 Å². The molecule has 1 unspecified atom stereocenters. The summed E-state index contributed by atoms with van der Waals surface area (Å²) in [6.45, 7) is 4.85. The summed E-state index contributed by atoms with van der Waals surface area (Å²) < 4.78 is 0. The molecule has 2 rings (SSSR count). The van der Waals surface area contributed by atoms with E-state index in [0.717, 1.165) is 18.5 Å². The highest BCUT2D eigenvalue weighted by Crippen LogP contribution is 2.18. The Morgan fingerprint density at radius 3 is 2.90 bits per heavy atom. The van der Waals surface area contributed by atoms with Crippen LogP contribution < -0.4 is 0 Å². The standard InChI is InChI=1S/C14H21N3O2S/c1-10-4-5-13(18)17(10)8-14(19)16(3)7-6-12-11(2)15-9-20-12/h9-10H,4-8H2,1-3H3. The molecular weight excluding hydrogens is 274 g/mol. The molecule has 0 spiro atoms. The maximum Gasteiger partial charge on any atom is 0.241 e. The maximum atomic E-state index is 12.2. The van der Waals surface area contributed by atoms with Gasteiger partial charge in [-0.1, -0.05) is 0 Å². The molecule has 110 valence electrons. The van der Waals surface area contributed by atoms with Crippen LogP contribution in [0.25, 0.3) is 0 Å². The van der Waals surface area contributed by atoms with Crippen molar-refractivity contribution in [1.82, 2.24) is 14.8 Å². The fourth-order valence-electron chi connectivity index (χ4n) is 2.35. The highest BCUT2D eigenvalue weighted by Gasteiger charge is 2.29. The highest BCUT2D eigenvalue weighted by molar-refractivity contribution is 7.09. The predicted octanol–water partition coefficient (Wildman–Crippen LogP) is 1.46. The maximum absolute atomic E-state index is 12.2. The summed E-state index contributed by atoms with van der Waals surface area (Å²) in [5, 5.41) is 0. The van der Waals surface area contributed by atoms with E-state index in [1.165, 1.54) is 4.88 Å². The van der Waals surface area contributed by atoms with Crippen LogP contribution in [0, 0.1) is 6.92 Å². The number of likely N-dealkylation sites (tertiary alicyclic amines) is 1. The molecule has 0 bridgehead atoms. The van der Waals surface area contributed by atoms with Crippen LogP contribution >= 0.6 is 11.3 Å². The number of likely N-dealkylation sites (N-methyl/N-ethyl adjacent to an activating group) is 1. The molecule has 2 heterocycles. The molecule has 1 aromatic rings. The Morgan fingerprint density at radius 1 is 1.60 bits per heavy atom. The number of hydrogen-bond donors (Lipinski definition) is 0. The van der Waals surface area contributed by atoms with Crippen LogP contribution in [0.3, 0.4) is 0 Å². The fourth-order valence-corrected chi connectivity index (χ4v) is 3.12. The number of thiazole rings is 1. The van der Waals surface area contributed by atoms with E-state index >= 15 is 0 Å². The minimum absolute atomic E-state index is 0.00858. The van der Waals surface area contributed by atoms with Crippen LogP contribution in [0.2, 0.25) is 0 Å². The predicted molar refractivity (Wildman–Crippen MR) is 78.6 cm³/mol. The Labute approximate surface area is 123 Å². The second-order valence-electron chi connectivity index (χ2n) is 5.34. The molecule has 0 N–H and O–H groups in total. The van der Waals surface area contributed by atoms with Gasteiger partial charge in [0.05, 0.1) is 17.7 Å². The van der Waals surface area contributed by atoms with E-state index in [-0.39, 0.29) is 24.4 Å². The van der Waals surface area contributed by atoms with Crippen molar-refractivity contribution in [1.29, 1.82) is 0 Å². The van der Waals surface area contributed by atoms with Gasteiger partial charge in [0.15, 0.2) is 0 Å². The summed E-state index contributed by atoms with van der Waals surface area (Å²) in [6.07, 6.45) is 2.25. The van der Waals surface area contributed by atoms with Crippen LogP contribution in [0.5, 0.6) is 0 Å². The second-order valence-corrected chi connectivity index (χ2v) is 6.27. The molecule has 0 saturated carbocycles. The number of carbonyl (C=O) groups excluding carboxylic acids is 2. The van der Waals surface area contributed by atoms with Gasteiger partial charge in [0.25, 0.3) is 0 Å². The van der Waals surface area contributed by atoms with Gasteiger partial charge in [0.2, 0.25) is 11.8 Å². The summed E-state index contributed by atoms with van der Waals surface area (Å²) in [5.74, 6) is 0.104. The minimum Gasteiger partial charge on any atom is -0.344 e. The van der Waals surface area contributed by atoms with Crippen LogP contribution in [0.15, 0.2) is 5.51 Å². The number of nitrogens with zero attached hydrogens (tertiary/aromatic N) is 3. The first-order valence-corrected chi connectivity index (χ1v) is 7.79. The zero-order valence-corrected chi connectivity index (χ0v) is 13.1. The molecular formula is C14H21N3O2S.